The molecule has 2 atom stereocenters. The molecule has 0 spiro atoms. The molecular formula is C47H87NO8. The summed E-state index contributed by atoms with van der Waals surface area (Å²) in [4.78, 5) is 52.1. The minimum Gasteiger partial charge on any atom is -0.466 e. The maximum absolute atomic E-state index is 12.9. The van der Waals surface area contributed by atoms with Gasteiger partial charge >= 0.3 is 17.9 Å². The van der Waals surface area contributed by atoms with Crippen molar-refractivity contribution in [1.29, 1.82) is 0 Å². The number of hydrogen-bond donors (Lipinski definition) is 1. The van der Waals surface area contributed by atoms with Crippen LogP contribution in [0.3, 0.4) is 0 Å². The molecule has 328 valence electrons. The highest BCUT2D eigenvalue weighted by Crippen LogP contribution is 2.22. The third-order valence-corrected chi connectivity index (χ3v) is 11.2. The molecule has 1 saturated heterocycles. The number of ether oxygens (including phenoxy) is 3. The molecular weight excluding hydrogens is 707 g/mol. The average Bonchev–Trinajstić information content (AvgIpc) is 3.59. The zero-order chi connectivity index (χ0) is 40.9. The molecule has 9 heteroatoms. The van der Waals surface area contributed by atoms with Gasteiger partial charge in [0.2, 0.25) is 5.91 Å². The lowest BCUT2D eigenvalue weighted by atomic mass is 10.0. The van der Waals surface area contributed by atoms with Gasteiger partial charge in [-0.2, -0.15) is 0 Å². The van der Waals surface area contributed by atoms with Gasteiger partial charge in [0.25, 0.3) is 0 Å². The van der Waals surface area contributed by atoms with Crippen LogP contribution < -0.4 is 0 Å². The Balaban J connectivity index is 2.19. The summed E-state index contributed by atoms with van der Waals surface area (Å²) in [5.74, 6) is -0.949. The summed E-state index contributed by atoms with van der Waals surface area (Å²) in [6.45, 7) is 7.56. The second kappa shape index (κ2) is 37.1. The van der Waals surface area contributed by atoms with Crippen LogP contribution in [0.25, 0.3) is 0 Å². The fourth-order valence-electron chi connectivity index (χ4n) is 7.66. The number of likely N-dealkylation sites (tertiary alicyclic amines) is 1. The van der Waals surface area contributed by atoms with E-state index in [1.165, 1.54) is 114 Å². The van der Waals surface area contributed by atoms with E-state index in [0.717, 1.165) is 64.2 Å². The highest BCUT2D eigenvalue weighted by Gasteiger charge is 2.39. The standard InChI is InChI=1S/C47H87NO8/c1-4-7-10-13-16-17-18-23-30-37-54-45(51)35-29-28-34-44(50)48-40-41(49)39-43(48)47(53)55-38-31-24-19-22-27-36-46(52)56-42(32-25-20-14-11-8-5-2)33-26-21-15-12-9-6-3/h41-43,49H,4-40H2,1-3H3/t41?,43-/m0/s1. The van der Waals surface area contributed by atoms with Crippen molar-refractivity contribution in [1.82, 2.24) is 4.90 Å². The van der Waals surface area contributed by atoms with E-state index >= 15 is 0 Å². The number of β-amino-alcohol motifs (C(OH)–C–C–N with tert-alkyl or cyclic N) is 1. The Morgan fingerprint density at radius 1 is 0.518 bits per heavy atom. The third kappa shape index (κ3) is 29.1. The molecule has 1 aliphatic heterocycles. The summed E-state index contributed by atoms with van der Waals surface area (Å²) in [5.41, 5.74) is 0. The molecule has 1 fully saturated rings. The van der Waals surface area contributed by atoms with Crippen LogP contribution in [-0.2, 0) is 33.4 Å². The molecule has 0 saturated carbocycles. The molecule has 1 unspecified atom stereocenters. The van der Waals surface area contributed by atoms with Crippen LogP contribution in [0.2, 0.25) is 0 Å². The molecule has 1 heterocycles. The first kappa shape index (κ1) is 51.9. The quantitative estimate of drug-likeness (QED) is 0.0371. The van der Waals surface area contributed by atoms with Crippen molar-refractivity contribution in [3.05, 3.63) is 0 Å². The molecule has 0 aliphatic carbocycles. The number of rotatable bonds is 39. The number of aliphatic hydroxyl groups excluding tert-OH is 1. The maximum atomic E-state index is 12.9. The number of nitrogens with zero attached hydrogens (tertiary/aromatic N) is 1. The van der Waals surface area contributed by atoms with Crippen LogP contribution in [0.1, 0.15) is 239 Å². The van der Waals surface area contributed by atoms with Crippen LogP contribution in [-0.4, -0.2) is 71.8 Å². The Hall–Kier alpha value is -2.16. The number of aliphatic hydroxyl groups is 1. The van der Waals surface area contributed by atoms with E-state index in [2.05, 4.69) is 20.8 Å². The minimum atomic E-state index is -0.768. The van der Waals surface area contributed by atoms with Gasteiger partial charge in [-0.3, -0.25) is 14.4 Å². The summed E-state index contributed by atoms with van der Waals surface area (Å²) in [7, 11) is 0. The minimum absolute atomic E-state index is 0.0523. The SMILES string of the molecule is CCCCCCCCCCCOC(=O)CCCCC(=O)N1CC(O)C[C@H]1C(=O)OCCCCCCCC(=O)OC(CCCCCCCC)CCCCCCCC. The van der Waals surface area contributed by atoms with Crippen molar-refractivity contribution < 1.29 is 38.5 Å². The van der Waals surface area contributed by atoms with Crippen LogP contribution >= 0.6 is 0 Å². The van der Waals surface area contributed by atoms with E-state index in [0.29, 0.717) is 32.3 Å². The maximum Gasteiger partial charge on any atom is 0.328 e. The number of amides is 1. The van der Waals surface area contributed by atoms with Gasteiger partial charge in [0, 0.05) is 32.2 Å². The second-order valence-electron chi connectivity index (χ2n) is 16.6. The van der Waals surface area contributed by atoms with Gasteiger partial charge in [0.05, 0.1) is 19.3 Å². The first-order valence-electron chi connectivity index (χ1n) is 23.8. The molecule has 1 aliphatic rings. The van der Waals surface area contributed by atoms with Crippen LogP contribution in [0.5, 0.6) is 0 Å². The first-order chi connectivity index (χ1) is 27.3. The predicted molar refractivity (Wildman–Crippen MR) is 227 cm³/mol. The number of hydrogen-bond acceptors (Lipinski definition) is 8. The summed E-state index contributed by atoms with van der Waals surface area (Å²) in [5, 5.41) is 10.2. The Bertz CT molecular complexity index is 958. The molecule has 0 aromatic rings. The van der Waals surface area contributed by atoms with E-state index in [-0.39, 0.29) is 56.4 Å². The monoisotopic (exact) mass is 794 g/mol. The highest BCUT2D eigenvalue weighted by atomic mass is 16.5. The lowest BCUT2D eigenvalue weighted by molar-refractivity contribution is -0.153. The number of carbonyl (C=O) groups is 4. The summed E-state index contributed by atoms with van der Waals surface area (Å²) < 4.78 is 16.9. The van der Waals surface area contributed by atoms with Gasteiger partial charge in [0.15, 0.2) is 0 Å². The normalized spacial score (nSPS) is 15.4. The molecule has 0 bridgehead atoms. The Morgan fingerprint density at radius 2 is 0.929 bits per heavy atom. The lowest BCUT2D eigenvalue weighted by Crippen LogP contribution is -2.41. The van der Waals surface area contributed by atoms with Gasteiger partial charge in [-0.1, -0.05) is 156 Å². The smallest absolute Gasteiger partial charge is 0.328 e. The molecule has 0 radical (unpaired) electrons. The summed E-state index contributed by atoms with van der Waals surface area (Å²) in [6, 6.07) is -0.768. The zero-order valence-electron chi connectivity index (χ0n) is 36.6. The first-order valence-corrected chi connectivity index (χ1v) is 23.8. The number of unbranched alkanes of at least 4 members (excludes halogenated alkanes) is 23. The van der Waals surface area contributed by atoms with Crippen LogP contribution in [0.4, 0.5) is 0 Å². The van der Waals surface area contributed by atoms with Crippen molar-refractivity contribution in [3.63, 3.8) is 0 Å². The fourth-order valence-corrected chi connectivity index (χ4v) is 7.66. The Kier molecular flexibility index (Phi) is 34.4. The highest BCUT2D eigenvalue weighted by molar-refractivity contribution is 5.85. The van der Waals surface area contributed by atoms with Gasteiger partial charge in [-0.15, -0.1) is 0 Å². The van der Waals surface area contributed by atoms with Crippen LogP contribution in [0, 0.1) is 0 Å². The molecule has 1 N–H and O–H groups in total. The molecule has 1 amide bonds. The van der Waals surface area contributed by atoms with Gasteiger partial charge in [-0.05, 0) is 57.8 Å². The van der Waals surface area contributed by atoms with Crippen molar-refractivity contribution >= 4 is 23.8 Å². The number of esters is 3. The molecule has 0 aromatic carbocycles. The molecule has 1 rings (SSSR count). The van der Waals surface area contributed by atoms with E-state index in [1.54, 1.807) is 0 Å². The summed E-state index contributed by atoms with van der Waals surface area (Å²) in [6.07, 6.45) is 33.7. The van der Waals surface area contributed by atoms with E-state index in [1.807, 2.05) is 0 Å². The largest absolute Gasteiger partial charge is 0.466 e. The molecule has 56 heavy (non-hydrogen) atoms. The van der Waals surface area contributed by atoms with Crippen molar-refractivity contribution in [3.8, 4) is 0 Å². The lowest BCUT2D eigenvalue weighted by Gasteiger charge is -2.23. The second-order valence-corrected chi connectivity index (χ2v) is 16.6. The number of carbonyl (C=O) groups excluding carboxylic acids is 4. The van der Waals surface area contributed by atoms with E-state index < -0.39 is 18.1 Å². The predicted octanol–water partition coefficient (Wildman–Crippen LogP) is 11.9. The third-order valence-electron chi connectivity index (χ3n) is 11.2. The average molecular weight is 794 g/mol. The molecule has 0 aromatic heterocycles. The van der Waals surface area contributed by atoms with Crippen molar-refractivity contribution in [2.24, 2.45) is 0 Å². The van der Waals surface area contributed by atoms with E-state index in [9.17, 15) is 24.3 Å². The molecule has 9 nitrogen and oxygen atoms in total. The van der Waals surface area contributed by atoms with Gasteiger partial charge in [0.1, 0.15) is 12.1 Å². The fraction of sp³-hybridized carbons (Fsp3) is 0.915. The van der Waals surface area contributed by atoms with Crippen molar-refractivity contribution in [2.75, 3.05) is 19.8 Å². The van der Waals surface area contributed by atoms with Crippen molar-refractivity contribution in [2.45, 2.75) is 257 Å². The van der Waals surface area contributed by atoms with E-state index in [4.69, 9.17) is 14.2 Å². The van der Waals surface area contributed by atoms with Crippen LogP contribution in [0.15, 0.2) is 0 Å². The Morgan fingerprint density at radius 3 is 1.46 bits per heavy atom. The Labute approximate surface area is 343 Å². The van der Waals surface area contributed by atoms with Gasteiger partial charge in [-0.25, -0.2) is 4.79 Å². The zero-order valence-corrected chi connectivity index (χ0v) is 36.6. The summed E-state index contributed by atoms with van der Waals surface area (Å²) >= 11 is 0. The van der Waals surface area contributed by atoms with Gasteiger partial charge < -0.3 is 24.2 Å². The topological polar surface area (TPSA) is 119 Å².